The van der Waals surface area contributed by atoms with Crippen molar-refractivity contribution in [1.29, 1.82) is 0 Å². The van der Waals surface area contributed by atoms with Gasteiger partial charge in [0.05, 0.1) is 23.8 Å². The zero-order valence-corrected chi connectivity index (χ0v) is 14.5. The summed E-state index contributed by atoms with van der Waals surface area (Å²) >= 11 is 0. The first-order valence-corrected chi connectivity index (χ1v) is 8.64. The summed E-state index contributed by atoms with van der Waals surface area (Å²) in [5.74, 6) is 0.131. The van der Waals surface area contributed by atoms with E-state index in [0.717, 1.165) is 19.3 Å². The Kier molecular flexibility index (Phi) is 4.49. The highest BCUT2D eigenvalue weighted by atomic mass is 19.1. The summed E-state index contributed by atoms with van der Waals surface area (Å²) in [6.07, 6.45) is 10.5. The van der Waals surface area contributed by atoms with Crippen molar-refractivity contribution in [2.75, 3.05) is 17.2 Å². The molecule has 0 aromatic carbocycles. The van der Waals surface area contributed by atoms with Gasteiger partial charge in [0.2, 0.25) is 5.95 Å². The number of anilines is 2. The lowest BCUT2D eigenvalue weighted by Gasteiger charge is -2.41. The molecule has 3 aromatic rings. The topological polar surface area (TPSA) is 97.6 Å². The Hall–Kier alpha value is -3.36. The molecule has 27 heavy (non-hydrogen) atoms. The van der Waals surface area contributed by atoms with Crippen LogP contribution in [0, 0.1) is 5.82 Å². The number of hydrogen-bond donors (Lipinski definition) is 2. The summed E-state index contributed by atoms with van der Waals surface area (Å²) in [6.45, 7) is 0.500. The third-order valence-electron chi connectivity index (χ3n) is 4.77. The van der Waals surface area contributed by atoms with Crippen molar-refractivity contribution < 1.29 is 9.18 Å². The van der Waals surface area contributed by atoms with Gasteiger partial charge in [-0.15, -0.1) is 0 Å². The molecule has 1 aliphatic rings. The summed E-state index contributed by atoms with van der Waals surface area (Å²) in [7, 11) is 0. The Balaban J connectivity index is 1.40. The number of nitrogens with one attached hydrogen (secondary N) is 2. The molecule has 0 saturated heterocycles. The van der Waals surface area contributed by atoms with Gasteiger partial charge in [-0.05, 0) is 31.0 Å². The van der Waals surface area contributed by atoms with Gasteiger partial charge in [0.15, 0.2) is 0 Å². The third kappa shape index (κ3) is 3.48. The molecule has 0 spiro atoms. The quantitative estimate of drug-likeness (QED) is 0.720. The summed E-state index contributed by atoms with van der Waals surface area (Å²) in [4.78, 5) is 24.6. The van der Waals surface area contributed by atoms with E-state index in [1.807, 2.05) is 0 Å². The fourth-order valence-electron chi connectivity index (χ4n) is 3.18. The van der Waals surface area contributed by atoms with Gasteiger partial charge in [-0.1, -0.05) is 6.42 Å². The molecule has 1 fully saturated rings. The monoisotopic (exact) mass is 367 g/mol. The molecule has 4 rings (SSSR count). The van der Waals surface area contributed by atoms with Crippen molar-refractivity contribution in [3.05, 3.63) is 60.7 Å². The van der Waals surface area contributed by atoms with Crippen LogP contribution >= 0.6 is 0 Å². The van der Waals surface area contributed by atoms with Crippen LogP contribution in [0.4, 0.5) is 20.8 Å². The lowest BCUT2D eigenvalue weighted by Crippen LogP contribution is -2.42. The maximum absolute atomic E-state index is 14.2. The van der Waals surface area contributed by atoms with Gasteiger partial charge in [-0.3, -0.25) is 4.98 Å². The Morgan fingerprint density at radius 1 is 1.19 bits per heavy atom. The van der Waals surface area contributed by atoms with E-state index in [2.05, 4.69) is 30.7 Å². The van der Waals surface area contributed by atoms with Crippen LogP contribution in [0.15, 0.2) is 49.2 Å². The number of nitrogens with zero attached hydrogens (tertiary/aromatic N) is 5. The molecule has 0 unspecified atom stereocenters. The van der Waals surface area contributed by atoms with E-state index in [9.17, 15) is 9.18 Å². The highest BCUT2D eigenvalue weighted by Gasteiger charge is 2.41. The number of pyridine rings is 1. The molecule has 9 heteroatoms. The van der Waals surface area contributed by atoms with Gasteiger partial charge < -0.3 is 10.6 Å². The number of carbonyl (C=O) groups is 1. The van der Waals surface area contributed by atoms with E-state index in [4.69, 9.17) is 0 Å². The molecular formula is C18H18FN7O. The van der Waals surface area contributed by atoms with Crippen molar-refractivity contribution in [3.63, 3.8) is 0 Å². The van der Waals surface area contributed by atoms with E-state index >= 15 is 0 Å². The van der Waals surface area contributed by atoms with Gasteiger partial charge in [0.25, 0.3) is 0 Å². The number of halogens is 1. The molecule has 0 atom stereocenters. The standard InChI is InChI=1S/C18H18FN7O/c19-14-4-1-7-20-15(14)18(5-2-6-18)12-23-16-21-10-13(11-22-16)25-17(27)26-9-3-8-24-26/h1,3-4,7-11H,2,5-6,12H2,(H,25,27)(H,21,22,23). The zero-order chi connectivity index (χ0) is 18.7. The molecule has 3 heterocycles. The second-order valence-corrected chi connectivity index (χ2v) is 6.50. The van der Waals surface area contributed by atoms with Gasteiger partial charge in [0.1, 0.15) is 5.82 Å². The molecule has 1 aliphatic carbocycles. The van der Waals surface area contributed by atoms with Crippen molar-refractivity contribution >= 4 is 17.7 Å². The number of rotatable bonds is 5. The molecule has 138 valence electrons. The van der Waals surface area contributed by atoms with E-state index in [1.165, 1.54) is 29.3 Å². The zero-order valence-electron chi connectivity index (χ0n) is 14.5. The Morgan fingerprint density at radius 3 is 2.63 bits per heavy atom. The predicted molar refractivity (Wildman–Crippen MR) is 96.9 cm³/mol. The first-order valence-electron chi connectivity index (χ1n) is 8.64. The Morgan fingerprint density at radius 2 is 2.00 bits per heavy atom. The van der Waals surface area contributed by atoms with Crippen molar-refractivity contribution in [1.82, 2.24) is 24.7 Å². The normalized spacial score (nSPS) is 15.0. The van der Waals surface area contributed by atoms with Gasteiger partial charge in [0, 0.05) is 30.6 Å². The maximum atomic E-state index is 14.2. The van der Waals surface area contributed by atoms with Crippen LogP contribution in [0.5, 0.6) is 0 Å². The van der Waals surface area contributed by atoms with E-state index in [1.54, 1.807) is 24.5 Å². The lowest BCUT2D eigenvalue weighted by molar-refractivity contribution is 0.243. The molecule has 8 nitrogen and oxygen atoms in total. The Labute approximate surface area is 154 Å². The SMILES string of the molecule is O=C(Nc1cnc(NCC2(c3ncccc3F)CCC2)nc1)n1cccn1. The van der Waals surface area contributed by atoms with Crippen LogP contribution in [0.1, 0.15) is 25.0 Å². The van der Waals surface area contributed by atoms with Gasteiger partial charge >= 0.3 is 6.03 Å². The maximum Gasteiger partial charge on any atom is 0.346 e. The fourth-order valence-corrected chi connectivity index (χ4v) is 3.18. The molecule has 0 aliphatic heterocycles. The predicted octanol–water partition coefficient (Wildman–Crippen LogP) is 2.82. The lowest BCUT2D eigenvalue weighted by atomic mass is 9.66. The molecule has 0 radical (unpaired) electrons. The van der Waals surface area contributed by atoms with Crippen molar-refractivity contribution in [3.8, 4) is 0 Å². The number of aromatic nitrogens is 5. The average molecular weight is 367 g/mol. The molecule has 2 N–H and O–H groups in total. The largest absolute Gasteiger partial charge is 0.353 e. The molecular weight excluding hydrogens is 349 g/mol. The van der Waals surface area contributed by atoms with E-state index in [0.29, 0.717) is 23.9 Å². The minimum atomic E-state index is -0.400. The molecule has 0 bridgehead atoms. The smallest absolute Gasteiger partial charge is 0.346 e. The number of amides is 1. The molecule has 1 amide bonds. The van der Waals surface area contributed by atoms with Crippen LogP contribution in [0.3, 0.4) is 0 Å². The fraction of sp³-hybridized carbons (Fsp3) is 0.278. The van der Waals surface area contributed by atoms with Crippen LogP contribution in [0.2, 0.25) is 0 Å². The van der Waals surface area contributed by atoms with Crippen LogP contribution in [-0.4, -0.2) is 37.3 Å². The molecule has 1 saturated carbocycles. The van der Waals surface area contributed by atoms with Crippen LogP contribution in [0.25, 0.3) is 0 Å². The minimum absolute atomic E-state index is 0.281. The minimum Gasteiger partial charge on any atom is -0.353 e. The second-order valence-electron chi connectivity index (χ2n) is 6.50. The van der Waals surface area contributed by atoms with Crippen molar-refractivity contribution in [2.24, 2.45) is 0 Å². The second kappa shape index (κ2) is 7.10. The summed E-state index contributed by atoms with van der Waals surface area (Å²) in [5, 5.41) is 9.66. The summed E-state index contributed by atoms with van der Waals surface area (Å²) in [6, 6.07) is 4.29. The summed E-state index contributed by atoms with van der Waals surface area (Å²) in [5.41, 5.74) is 0.615. The summed E-state index contributed by atoms with van der Waals surface area (Å²) < 4.78 is 15.3. The third-order valence-corrected chi connectivity index (χ3v) is 4.77. The molecule has 3 aromatic heterocycles. The van der Waals surface area contributed by atoms with Gasteiger partial charge in [-0.2, -0.15) is 9.78 Å². The van der Waals surface area contributed by atoms with E-state index < -0.39 is 6.03 Å². The van der Waals surface area contributed by atoms with Gasteiger partial charge in [-0.25, -0.2) is 19.2 Å². The van der Waals surface area contributed by atoms with Crippen LogP contribution < -0.4 is 10.6 Å². The first-order chi connectivity index (χ1) is 13.2. The first kappa shape index (κ1) is 17.1. The van der Waals surface area contributed by atoms with Crippen LogP contribution in [-0.2, 0) is 5.41 Å². The average Bonchev–Trinajstić information content (AvgIpc) is 3.18. The highest BCUT2D eigenvalue weighted by Crippen LogP contribution is 2.43. The highest BCUT2D eigenvalue weighted by molar-refractivity contribution is 5.89. The Bertz CT molecular complexity index is 923. The number of carbonyl (C=O) groups excluding carboxylic acids is 1. The number of hydrogen-bond acceptors (Lipinski definition) is 6. The van der Waals surface area contributed by atoms with E-state index in [-0.39, 0.29) is 11.2 Å². The van der Waals surface area contributed by atoms with Crippen molar-refractivity contribution in [2.45, 2.75) is 24.7 Å².